The largest absolute Gasteiger partial charge is 0.472 e. The van der Waals surface area contributed by atoms with Gasteiger partial charge in [0.25, 0.3) is 11.1 Å². The van der Waals surface area contributed by atoms with Crippen molar-refractivity contribution in [1.82, 2.24) is 19.1 Å². The molecule has 2 aromatic heterocycles. The number of carbonyl (C=O) groups is 2. The second-order valence-corrected chi connectivity index (χ2v) is 25.6. The summed E-state index contributed by atoms with van der Waals surface area (Å²) >= 11 is 5.65. The van der Waals surface area contributed by atoms with Gasteiger partial charge in [0.05, 0.1) is 58.5 Å². The van der Waals surface area contributed by atoms with Gasteiger partial charge >= 0.3 is 50.2 Å². The maximum Gasteiger partial charge on any atom is 0.472 e. The van der Waals surface area contributed by atoms with Crippen LogP contribution in [0.3, 0.4) is 0 Å². The van der Waals surface area contributed by atoms with Crippen molar-refractivity contribution in [1.29, 1.82) is 0 Å². The van der Waals surface area contributed by atoms with Gasteiger partial charge in [0.2, 0.25) is 0 Å². The van der Waals surface area contributed by atoms with Crippen LogP contribution in [0.4, 0.5) is 0 Å². The molecule has 4 rings (SSSR count). The lowest BCUT2D eigenvalue weighted by Crippen LogP contribution is -2.41. The zero-order valence-corrected chi connectivity index (χ0v) is 50.2. The van der Waals surface area contributed by atoms with Crippen LogP contribution in [0.5, 0.6) is 0 Å². The molecule has 28 nitrogen and oxygen atoms in total. The Labute approximate surface area is 469 Å². The zero-order chi connectivity index (χ0) is 59.1. The molecular formula is C43H68N4O24P2S5. The van der Waals surface area contributed by atoms with Gasteiger partial charge in [0, 0.05) is 44.0 Å². The van der Waals surface area contributed by atoms with Crippen LogP contribution >= 0.6 is 57.7 Å². The Balaban J connectivity index is 0.000000709. The summed E-state index contributed by atoms with van der Waals surface area (Å²) in [7, 11) is 2.63. The van der Waals surface area contributed by atoms with Crippen molar-refractivity contribution < 1.29 is 94.4 Å². The first kappa shape index (κ1) is 72.9. The van der Waals surface area contributed by atoms with E-state index in [4.69, 9.17) is 82.0 Å². The number of H-pyrrole nitrogens is 2. The normalized spacial score (nSPS) is 21.6. The summed E-state index contributed by atoms with van der Waals surface area (Å²) in [5, 5.41) is 9.64. The molecule has 2 fully saturated rings. The molecule has 2 aromatic rings. The van der Waals surface area contributed by atoms with E-state index >= 15 is 0 Å². The number of aromatic nitrogens is 4. The number of carbonyl (C=O) groups excluding carboxylic acids is 6. The van der Waals surface area contributed by atoms with Gasteiger partial charge in [0.15, 0.2) is 0 Å². The van der Waals surface area contributed by atoms with E-state index in [1.165, 1.54) is 56.5 Å². The topological polar surface area (TPSA) is 371 Å². The molecule has 6 unspecified atom stereocenters. The average molecular weight is 1250 g/mol. The minimum atomic E-state index is -4.75. The van der Waals surface area contributed by atoms with Crippen molar-refractivity contribution in [3.05, 3.63) is 65.7 Å². The van der Waals surface area contributed by atoms with Crippen LogP contribution < -0.4 is 22.5 Å². The minimum Gasteiger partial charge on any atom is -0.465 e. The summed E-state index contributed by atoms with van der Waals surface area (Å²) in [6, 6.07) is 1.12. The maximum absolute atomic E-state index is 12.9. The first-order valence-electron chi connectivity index (χ1n) is 23.5. The van der Waals surface area contributed by atoms with Crippen molar-refractivity contribution in [2.24, 2.45) is 10.8 Å². The van der Waals surface area contributed by atoms with Gasteiger partial charge in [-0.3, -0.25) is 47.3 Å². The Morgan fingerprint density at radius 1 is 0.782 bits per heavy atom. The van der Waals surface area contributed by atoms with E-state index in [2.05, 4.69) is 9.97 Å². The molecular weight excluding hydrogens is 1180 g/mol. The van der Waals surface area contributed by atoms with Crippen molar-refractivity contribution in [3.63, 3.8) is 0 Å². The number of aliphatic hydroxyl groups is 1. The van der Waals surface area contributed by atoms with E-state index in [1.807, 2.05) is 26.4 Å². The van der Waals surface area contributed by atoms with E-state index < -0.39 is 110 Å². The third kappa shape index (κ3) is 23.4. The molecule has 2 saturated heterocycles. The van der Waals surface area contributed by atoms with Gasteiger partial charge in [-0.2, -0.15) is 19.2 Å². The summed E-state index contributed by atoms with van der Waals surface area (Å²) in [6.07, 6.45) is 3.68. The summed E-state index contributed by atoms with van der Waals surface area (Å²) in [5.41, 5.74) is -4.39. The Morgan fingerprint density at radius 3 is 1.71 bits per heavy atom. The summed E-state index contributed by atoms with van der Waals surface area (Å²) < 4.78 is 76.7. The van der Waals surface area contributed by atoms with Crippen LogP contribution in [-0.2, 0) is 96.2 Å². The van der Waals surface area contributed by atoms with Gasteiger partial charge in [-0.25, -0.2) is 14.2 Å². The number of nitrogens with zero attached hydrogens (tertiary/aromatic N) is 2. The molecule has 4 N–H and O–H groups in total. The smallest absolute Gasteiger partial charge is 0.465 e. The first-order chi connectivity index (χ1) is 37.0. The molecule has 2 aliphatic rings. The fourth-order valence-corrected chi connectivity index (χ4v) is 11.3. The molecule has 0 spiro atoms. The fourth-order valence-electron chi connectivity index (χ4n) is 7.07. The number of nitrogens with one attached hydrogen (secondary N) is 2. The molecule has 0 bridgehead atoms. The highest BCUT2D eigenvalue weighted by Gasteiger charge is 2.47. The molecule has 0 aromatic carbocycles. The monoisotopic (exact) mass is 1250 g/mol. The molecule has 0 aliphatic carbocycles. The molecule has 4 heterocycles. The van der Waals surface area contributed by atoms with Crippen molar-refractivity contribution in [3.8, 4) is 0 Å². The second-order valence-electron chi connectivity index (χ2n) is 16.1. The number of aromatic amines is 2. The van der Waals surface area contributed by atoms with Crippen molar-refractivity contribution in [2.75, 3.05) is 77.7 Å². The molecule has 0 radical (unpaired) electrons. The Morgan fingerprint density at radius 2 is 1.26 bits per heavy atom. The van der Waals surface area contributed by atoms with Crippen LogP contribution in [0.25, 0.3) is 0 Å². The van der Waals surface area contributed by atoms with Gasteiger partial charge in [0.1, 0.15) is 47.4 Å². The van der Waals surface area contributed by atoms with E-state index in [9.17, 15) is 43.3 Å². The van der Waals surface area contributed by atoms with Crippen LogP contribution in [0.1, 0.15) is 84.7 Å². The number of rotatable bonds is 31. The van der Waals surface area contributed by atoms with Crippen LogP contribution in [0.15, 0.2) is 37.6 Å². The number of phosphoric acid groups is 1. The SMILES string of the molecule is CCOC(=O)C(CC)(COCSSC)COP(=O)(O)OC1C[C@H](n2ccc(=O)[nH]c2=O)O[C@@H]1CO.CCOC(=O)C(CC)(COCSSC)COP(=S)(OC)OC1C[C@H](n2cc(C)c(=O)[nH]c2=O)O[C@@H]1CC.O=C=O.O=C=O. The highest BCUT2D eigenvalue weighted by atomic mass is 33.1. The number of aryl methyl sites for hydroxylation is 1. The van der Waals surface area contributed by atoms with Crippen LogP contribution in [0, 0.1) is 17.8 Å². The number of aliphatic hydroxyl groups excluding tert-OH is 1. The fraction of sp³-hybridized carbons (Fsp3) is 0.721. The molecule has 35 heteroatoms. The minimum absolute atomic E-state index is 0.0864. The van der Waals surface area contributed by atoms with E-state index in [0.717, 1.165) is 10.6 Å². The zero-order valence-electron chi connectivity index (χ0n) is 44.3. The Bertz CT molecular complexity index is 2550. The quantitative estimate of drug-likeness (QED) is 0.0274. The molecule has 2 aliphatic heterocycles. The van der Waals surface area contributed by atoms with E-state index in [0.29, 0.717) is 36.7 Å². The molecule has 0 amide bonds. The van der Waals surface area contributed by atoms with Crippen LogP contribution in [0.2, 0.25) is 0 Å². The Kier molecular flexibility index (Phi) is 35.4. The third-order valence-corrected chi connectivity index (χ3v) is 17.8. The molecule has 0 saturated carbocycles. The third-order valence-electron chi connectivity index (χ3n) is 11.3. The van der Waals surface area contributed by atoms with Gasteiger partial charge in [-0.05, 0) is 64.4 Å². The number of esters is 2. The number of hydrogen-bond donors (Lipinski definition) is 4. The van der Waals surface area contributed by atoms with Gasteiger partial charge < -0.3 is 52.0 Å². The Hall–Kier alpha value is -3.10. The van der Waals surface area contributed by atoms with Crippen molar-refractivity contribution >= 4 is 93.8 Å². The van der Waals surface area contributed by atoms with Crippen LogP contribution in [-0.4, -0.2) is 156 Å². The molecule has 444 valence electrons. The molecule has 78 heavy (non-hydrogen) atoms. The van der Waals surface area contributed by atoms with Gasteiger partial charge in [-0.1, -0.05) is 63.9 Å². The number of phosphoric ester groups is 1. The second kappa shape index (κ2) is 37.8. The maximum atomic E-state index is 12.9. The van der Waals surface area contributed by atoms with E-state index in [1.54, 1.807) is 38.5 Å². The average Bonchev–Trinajstić information content (AvgIpc) is 4.00. The predicted octanol–water partition coefficient (Wildman–Crippen LogP) is 3.86. The molecule has 10 atom stereocenters. The lowest BCUT2D eigenvalue weighted by Gasteiger charge is -2.32. The lowest BCUT2D eigenvalue weighted by atomic mass is 9.87. The first-order valence-corrected chi connectivity index (χ1v) is 33.0. The van der Waals surface area contributed by atoms with Gasteiger partial charge in [-0.15, -0.1) is 0 Å². The number of hydrogen-bond acceptors (Lipinski definition) is 28. The summed E-state index contributed by atoms with van der Waals surface area (Å²) in [5.74, 6) is -0.377. The van der Waals surface area contributed by atoms with E-state index in [-0.39, 0.29) is 58.2 Å². The predicted molar refractivity (Wildman–Crippen MR) is 287 cm³/mol. The highest BCUT2D eigenvalue weighted by molar-refractivity contribution is 8.76. The summed E-state index contributed by atoms with van der Waals surface area (Å²) in [6.45, 7) is 6.28. The summed E-state index contributed by atoms with van der Waals surface area (Å²) in [4.78, 5) is 120. The lowest BCUT2D eigenvalue weighted by molar-refractivity contribution is -0.193. The highest BCUT2D eigenvalue weighted by Crippen LogP contribution is 2.54. The number of ether oxygens (including phenoxy) is 6. The van der Waals surface area contributed by atoms with Crippen molar-refractivity contribution in [2.45, 2.75) is 111 Å². The standard InChI is InChI=1S/C22H37N2O9PS3.C19H31N2O11PS2.2CO2/c1-7-16-17(10-18(32-16)24-11-15(4)19(25)23-21(24)27)33-34(35,28-5)31-13-22(8-2,20(26)30-9-3)12-29-14-37-36-6;1-4-19(17(24)29-5-2,10-28-12-35-34-3)11-30-33(26,27)32-13-8-16(31-14(13)9-22)21-7-6-15(23)20-18(21)25;2*2-1-3/h11,16-18H,7-10,12-14H2,1-6H3,(H,23,25,27);6-7,13-14,16,22H,4-5,8-12H2,1-3H3,(H,26,27)(H,20,23,25);;/t16-,17?,18-,22?,34?;13?,14-,16-,19?;;/m11../s1.